The molecule has 0 spiro atoms. The van der Waals surface area contributed by atoms with E-state index < -0.39 is 5.97 Å². The summed E-state index contributed by atoms with van der Waals surface area (Å²) in [6, 6.07) is 0. The van der Waals surface area contributed by atoms with Gasteiger partial charge in [-0.15, -0.1) is 5.10 Å². The van der Waals surface area contributed by atoms with E-state index in [1.165, 1.54) is 19.3 Å². The number of hydrogen-bond acceptors (Lipinski definition) is 4. The Balaban J connectivity index is 2.30. The van der Waals surface area contributed by atoms with E-state index in [0.29, 0.717) is 23.0 Å². The first-order valence-electron chi connectivity index (χ1n) is 6.29. The number of rotatable bonds is 4. The van der Waals surface area contributed by atoms with Gasteiger partial charge in [-0.05, 0) is 38.2 Å². The van der Waals surface area contributed by atoms with Crippen LogP contribution in [-0.2, 0) is 0 Å². The van der Waals surface area contributed by atoms with Crippen LogP contribution in [0.1, 0.15) is 40.9 Å². The first-order chi connectivity index (χ1) is 8.50. The molecule has 1 saturated carbocycles. The number of aromatic nitrogens is 2. The zero-order chi connectivity index (χ0) is 13.3. The van der Waals surface area contributed by atoms with Gasteiger partial charge in [0, 0.05) is 13.6 Å². The number of anilines is 1. The molecule has 0 aliphatic heterocycles. The Bertz CT molecular complexity index is 470. The van der Waals surface area contributed by atoms with Gasteiger partial charge in [-0.2, -0.15) is 5.10 Å². The molecule has 0 amide bonds. The molecule has 1 heterocycles. The maximum atomic E-state index is 11.4. The minimum Gasteiger partial charge on any atom is -0.478 e. The summed E-state index contributed by atoms with van der Waals surface area (Å²) < 4.78 is 0. The lowest BCUT2D eigenvalue weighted by Gasteiger charge is -2.31. The Labute approximate surface area is 107 Å². The zero-order valence-electron chi connectivity index (χ0n) is 11.1. The molecule has 1 N–H and O–H groups in total. The van der Waals surface area contributed by atoms with E-state index in [1.54, 1.807) is 13.8 Å². The standard InChI is InChI=1S/C13H19N3O2/c1-8-9(2)14-15-12(11(8)13(17)18)16(3)7-10-5-4-6-10/h10H,4-7H2,1-3H3,(H,17,18). The molecule has 1 aliphatic carbocycles. The van der Waals surface area contributed by atoms with Crippen molar-refractivity contribution in [1.82, 2.24) is 10.2 Å². The zero-order valence-corrected chi connectivity index (χ0v) is 11.1. The monoisotopic (exact) mass is 249 g/mol. The van der Waals surface area contributed by atoms with Gasteiger partial charge in [0.15, 0.2) is 5.82 Å². The van der Waals surface area contributed by atoms with Gasteiger partial charge in [0.2, 0.25) is 0 Å². The smallest absolute Gasteiger partial charge is 0.339 e. The Morgan fingerprint density at radius 1 is 1.39 bits per heavy atom. The summed E-state index contributed by atoms with van der Waals surface area (Å²) in [5.74, 6) is 0.221. The molecule has 5 nitrogen and oxygen atoms in total. The predicted molar refractivity (Wildman–Crippen MR) is 69.1 cm³/mol. The molecule has 0 radical (unpaired) electrons. The van der Waals surface area contributed by atoms with Crippen molar-refractivity contribution in [2.24, 2.45) is 5.92 Å². The Hall–Kier alpha value is -1.65. The molecule has 1 aromatic rings. The number of hydrogen-bond donors (Lipinski definition) is 1. The highest BCUT2D eigenvalue weighted by Crippen LogP contribution is 2.29. The number of carboxylic acids is 1. The molecule has 0 atom stereocenters. The van der Waals surface area contributed by atoms with Gasteiger partial charge >= 0.3 is 5.97 Å². The second-order valence-electron chi connectivity index (χ2n) is 5.09. The van der Waals surface area contributed by atoms with Gasteiger partial charge in [-0.3, -0.25) is 0 Å². The van der Waals surface area contributed by atoms with Crippen LogP contribution in [0.5, 0.6) is 0 Å². The summed E-state index contributed by atoms with van der Waals surface area (Å²) in [6.45, 7) is 4.43. The van der Waals surface area contributed by atoms with Crippen molar-refractivity contribution in [3.8, 4) is 0 Å². The first kappa shape index (κ1) is 12.8. The largest absolute Gasteiger partial charge is 0.478 e. The molecule has 0 saturated heterocycles. The molecule has 1 fully saturated rings. The molecule has 18 heavy (non-hydrogen) atoms. The van der Waals surface area contributed by atoms with Crippen LogP contribution >= 0.6 is 0 Å². The van der Waals surface area contributed by atoms with Crippen LogP contribution in [-0.4, -0.2) is 34.9 Å². The lowest BCUT2D eigenvalue weighted by Crippen LogP contribution is -2.31. The molecular weight excluding hydrogens is 230 g/mol. The summed E-state index contributed by atoms with van der Waals surface area (Å²) >= 11 is 0. The number of aromatic carboxylic acids is 1. The maximum Gasteiger partial charge on any atom is 0.339 e. The van der Waals surface area contributed by atoms with Crippen LogP contribution in [0.3, 0.4) is 0 Å². The van der Waals surface area contributed by atoms with Gasteiger partial charge in [0.05, 0.1) is 5.69 Å². The topological polar surface area (TPSA) is 66.3 Å². The fourth-order valence-corrected chi connectivity index (χ4v) is 2.27. The van der Waals surface area contributed by atoms with E-state index in [4.69, 9.17) is 0 Å². The second kappa shape index (κ2) is 4.92. The summed E-state index contributed by atoms with van der Waals surface area (Å²) in [4.78, 5) is 13.3. The third-order valence-electron chi connectivity index (χ3n) is 3.77. The van der Waals surface area contributed by atoms with Crippen molar-refractivity contribution in [3.05, 3.63) is 16.8 Å². The average Bonchev–Trinajstić information content (AvgIpc) is 2.26. The highest BCUT2D eigenvalue weighted by Gasteiger charge is 2.24. The third kappa shape index (κ3) is 2.30. The summed E-state index contributed by atoms with van der Waals surface area (Å²) in [6.07, 6.45) is 3.74. The van der Waals surface area contributed by atoms with Gasteiger partial charge < -0.3 is 10.0 Å². The molecule has 0 aromatic carbocycles. The summed E-state index contributed by atoms with van der Waals surface area (Å²) in [5, 5.41) is 17.4. The van der Waals surface area contributed by atoms with Crippen LogP contribution < -0.4 is 4.90 Å². The van der Waals surface area contributed by atoms with Crippen molar-refractivity contribution in [1.29, 1.82) is 0 Å². The number of carbonyl (C=O) groups is 1. The van der Waals surface area contributed by atoms with Crippen molar-refractivity contribution in [2.75, 3.05) is 18.5 Å². The van der Waals surface area contributed by atoms with Crippen LogP contribution in [0.4, 0.5) is 5.82 Å². The molecule has 2 rings (SSSR count). The molecule has 98 valence electrons. The molecule has 5 heteroatoms. The lowest BCUT2D eigenvalue weighted by molar-refractivity contribution is 0.0696. The Morgan fingerprint density at radius 3 is 2.56 bits per heavy atom. The van der Waals surface area contributed by atoms with E-state index >= 15 is 0 Å². The first-order valence-corrected chi connectivity index (χ1v) is 6.29. The second-order valence-corrected chi connectivity index (χ2v) is 5.09. The van der Waals surface area contributed by atoms with Crippen LogP contribution in [0.2, 0.25) is 0 Å². The number of carboxylic acid groups (broad SMARTS) is 1. The number of nitrogens with zero attached hydrogens (tertiary/aromatic N) is 3. The minimum absolute atomic E-state index is 0.282. The van der Waals surface area contributed by atoms with E-state index in [0.717, 1.165) is 6.54 Å². The van der Waals surface area contributed by atoms with Gasteiger partial charge in [-0.1, -0.05) is 6.42 Å². The fraction of sp³-hybridized carbons (Fsp3) is 0.615. The average molecular weight is 249 g/mol. The highest BCUT2D eigenvalue weighted by atomic mass is 16.4. The van der Waals surface area contributed by atoms with E-state index in [9.17, 15) is 9.90 Å². The van der Waals surface area contributed by atoms with Crippen molar-refractivity contribution in [2.45, 2.75) is 33.1 Å². The van der Waals surface area contributed by atoms with E-state index in [1.807, 2.05) is 11.9 Å². The summed E-state index contributed by atoms with van der Waals surface area (Å²) in [7, 11) is 1.89. The molecular formula is C13H19N3O2. The molecule has 0 unspecified atom stereocenters. The van der Waals surface area contributed by atoms with E-state index in [2.05, 4.69) is 10.2 Å². The molecule has 1 aliphatic rings. The third-order valence-corrected chi connectivity index (χ3v) is 3.77. The van der Waals surface area contributed by atoms with Gasteiger partial charge in [0.1, 0.15) is 5.56 Å². The number of aryl methyl sites for hydroxylation is 1. The Morgan fingerprint density at radius 2 is 2.06 bits per heavy atom. The fourth-order valence-electron chi connectivity index (χ4n) is 2.27. The lowest BCUT2D eigenvalue weighted by atomic mass is 9.85. The van der Waals surface area contributed by atoms with Crippen molar-refractivity contribution >= 4 is 11.8 Å². The normalized spacial score (nSPS) is 15.3. The van der Waals surface area contributed by atoms with Crippen LogP contribution in [0.25, 0.3) is 0 Å². The maximum absolute atomic E-state index is 11.4. The molecule has 1 aromatic heterocycles. The SMILES string of the molecule is Cc1nnc(N(C)CC2CCC2)c(C(=O)O)c1C. The van der Waals surface area contributed by atoms with E-state index in [-0.39, 0.29) is 5.56 Å². The molecule has 0 bridgehead atoms. The van der Waals surface area contributed by atoms with Crippen LogP contribution in [0.15, 0.2) is 0 Å². The Kier molecular flexibility index (Phi) is 3.50. The summed E-state index contributed by atoms with van der Waals surface area (Å²) in [5.41, 5.74) is 1.66. The van der Waals surface area contributed by atoms with Crippen molar-refractivity contribution in [3.63, 3.8) is 0 Å². The predicted octanol–water partition coefficient (Wildman–Crippen LogP) is 2.03. The highest BCUT2D eigenvalue weighted by molar-refractivity contribution is 5.95. The van der Waals surface area contributed by atoms with Crippen LogP contribution in [0, 0.1) is 19.8 Å². The van der Waals surface area contributed by atoms with Gasteiger partial charge in [0.25, 0.3) is 0 Å². The minimum atomic E-state index is -0.930. The van der Waals surface area contributed by atoms with Crippen molar-refractivity contribution < 1.29 is 9.90 Å². The quantitative estimate of drug-likeness (QED) is 0.884. The van der Waals surface area contributed by atoms with Gasteiger partial charge in [-0.25, -0.2) is 4.79 Å².